The van der Waals surface area contributed by atoms with Gasteiger partial charge in [0.15, 0.2) is 17.3 Å². The van der Waals surface area contributed by atoms with E-state index in [1.807, 2.05) is 55.6 Å². The molecule has 3 atom stereocenters. The van der Waals surface area contributed by atoms with Crippen LogP contribution in [0.1, 0.15) is 36.8 Å². The minimum absolute atomic E-state index is 0.0694. The number of rotatable bonds is 11. The third-order valence-electron chi connectivity index (χ3n) is 7.07. The lowest BCUT2D eigenvalue weighted by Crippen LogP contribution is -2.39. The number of amides is 1. The molecule has 0 unspecified atom stereocenters. The number of hydrogen-bond acceptors (Lipinski definition) is 7. The van der Waals surface area contributed by atoms with Gasteiger partial charge in [0.1, 0.15) is 5.75 Å². The quantitative estimate of drug-likeness (QED) is 0.349. The number of H-pyrrole nitrogens is 1. The zero-order chi connectivity index (χ0) is 26.5. The molecular formula is C29H34N2O7. The van der Waals surface area contributed by atoms with Crippen LogP contribution in [-0.4, -0.2) is 55.9 Å². The van der Waals surface area contributed by atoms with Crippen molar-refractivity contribution in [3.63, 3.8) is 0 Å². The normalized spacial score (nSPS) is 20.2. The monoisotopic (exact) mass is 522 g/mol. The topological polar surface area (TPSA) is 111 Å². The average Bonchev–Trinajstić information content (AvgIpc) is 3.58. The Balaban J connectivity index is 1.34. The van der Waals surface area contributed by atoms with Crippen LogP contribution >= 0.6 is 0 Å². The maximum atomic E-state index is 13.3. The molecule has 0 saturated carbocycles. The summed E-state index contributed by atoms with van der Waals surface area (Å²) in [5, 5.41) is 13.6. The molecule has 0 saturated heterocycles. The molecule has 1 amide bonds. The Morgan fingerprint density at radius 1 is 1.18 bits per heavy atom. The molecule has 0 fully saturated rings. The van der Waals surface area contributed by atoms with Crippen LogP contribution in [0, 0.1) is 5.92 Å². The maximum Gasteiger partial charge on any atom is 0.286 e. The van der Waals surface area contributed by atoms with Crippen LogP contribution in [-0.2, 0) is 20.7 Å². The number of aliphatic hydroxyl groups is 1. The van der Waals surface area contributed by atoms with Crippen molar-refractivity contribution in [2.75, 3.05) is 33.7 Å². The summed E-state index contributed by atoms with van der Waals surface area (Å²) in [6.45, 7) is 3.03. The third kappa shape index (κ3) is 5.44. The molecule has 2 aliphatic rings. The first-order valence-corrected chi connectivity index (χ1v) is 13.0. The second-order valence-corrected chi connectivity index (χ2v) is 9.37. The summed E-state index contributed by atoms with van der Waals surface area (Å²) in [6.07, 6.45) is 5.12. The Hall–Kier alpha value is -3.69. The third-order valence-corrected chi connectivity index (χ3v) is 7.07. The summed E-state index contributed by atoms with van der Waals surface area (Å²) >= 11 is 0. The molecule has 38 heavy (non-hydrogen) atoms. The first kappa shape index (κ1) is 25.9. The minimum atomic E-state index is -0.617. The van der Waals surface area contributed by atoms with E-state index in [4.69, 9.17) is 23.7 Å². The van der Waals surface area contributed by atoms with Crippen LogP contribution in [0.4, 0.5) is 0 Å². The summed E-state index contributed by atoms with van der Waals surface area (Å²) < 4.78 is 28.5. The van der Waals surface area contributed by atoms with Crippen molar-refractivity contribution < 1.29 is 33.6 Å². The van der Waals surface area contributed by atoms with Crippen molar-refractivity contribution in [2.24, 2.45) is 5.92 Å². The van der Waals surface area contributed by atoms with Crippen molar-refractivity contribution in [1.82, 2.24) is 10.3 Å². The van der Waals surface area contributed by atoms with Crippen LogP contribution in [0.15, 0.2) is 54.4 Å². The predicted molar refractivity (Wildman–Crippen MR) is 141 cm³/mol. The standard InChI is InChI=1S/C29H34N2O7/c1-3-35-29-21(5-4-12-32)22(18-6-9-25-26(13-18)37-17-36-25)15-27(38-29)28(33)30-11-10-19-16-31-24-8-7-20(34-2)14-23(19)24/h6-9,13-16,21-22,29,31-32H,3-5,10-12,17H2,1-2H3,(H,30,33)/t21-,22-,29-/m0/s1. The smallest absolute Gasteiger partial charge is 0.286 e. The van der Waals surface area contributed by atoms with Crippen LogP contribution in [0.5, 0.6) is 17.2 Å². The van der Waals surface area contributed by atoms with E-state index in [-0.39, 0.29) is 36.9 Å². The number of nitrogens with one attached hydrogen (secondary N) is 2. The molecule has 2 aromatic carbocycles. The fourth-order valence-corrected chi connectivity index (χ4v) is 5.15. The molecule has 3 N–H and O–H groups in total. The number of carbonyl (C=O) groups excluding carboxylic acids is 1. The van der Waals surface area contributed by atoms with Gasteiger partial charge in [-0.1, -0.05) is 6.07 Å². The van der Waals surface area contributed by atoms with Gasteiger partial charge >= 0.3 is 0 Å². The number of hydrogen-bond donors (Lipinski definition) is 3. The highest BCUT2D eigenvalue weighted by Crippen LogP contribution is 2.42. The van der Waals surface area contributed by atoms with E-state index in [9.17, 15) is 9.90 Å². The van der Waals surface area contributed by atoms with Gasteiger partial charge in [-0.25, -0.2) is 0 Å². The van der Waals surface area contributed by atoms with E-state index < -0.39 is 6.29 Å². The number of carbonyl (C=O) groups is 1. The second-order valence-electron chi connectivity index (χ2n) is 9.37. The number of aromatic amines is 1. The largest absolute Gasteiger partial charge is 0.497 e. The molecule has 0 radical (unpaired) electrons. The van der Waals surface area contributed by atoms with Crippen molar-refractivity contribution in [3.05, 3.63) is 65.6 Å². The lowest BCUT2D eigenvalue weighted by Gasteiger charge is -2.37. The first-order valence-electron chi connectivity index (χ1n) is 13.0. The van der Waals surface area contributed by atoms with Crippen molar-refractivity contribution >= 4 is 16.8 Å². The molecule has 0 spiro atoms. The zero-order valence-electron chi connectivity index (χ0n) is 21.7. The van der Waals surface area contributed by atoms with Crippen molar-refractivity contribution in [2.45, 2.75) is 38.4 Å². The summed E-state index contributed by atoms with van der Waals surface area (Å²) in [6, 6.07) is 11.7. The predicted octanol–water partition coefficient (Wildman–Crippen LogP) is 4.01. The van der Waals surface area contributed by atoms with E-state index in [2.05, 4.69) is 10.3 Å². The molecule has 0 bridgehead atoms. The number of fused-ring (bicyclic) bond motifs is 2. The van der Waals surface area contributed by atoms with Crippen LogP contribution in [0.25, 0.3) is 10.9 Å². The molecule has 0 aliphatic carbocycles. The summed E-state index contributed by atoms with van der Waals surface area (Å²) in [5.41, 5.74) is 3.08. The molecule has 3 heterocycles. The van der Waals surface area contributed by atoms with Gasteiger partial charge in [0.2, 0.25) is 13.1 Å². The highest BCUT2D eigenvalue weighted by atomic mass is 16.7. The number of aromatic nitrogens is 1. The molecule has 9 nitrogen and oxygen atoms in total. The molecule has 202 valence electrons. The summed E-state index contributed by atoms with van der Waals surface area (Å²) in [5.74, 6) is 1.85. The number of allylic oxidation sites excluding steroid dienone is 1. The average molecular weight is 523 g/mol. The Labute approximate surface area is 221 Å². The Morgan fingerprint density at radius 2 is 2.05 bits per heavy atom. The van der Waals surface area contributed by atoms with Gasteiger partial charge in [-0.2, -0.15) is 0 Å². The lowest BCUT2D eigenvalue weighted by molar-refractivity contribution is -0.166. The van der Waals surface area contributed by atoms with Crippen LogP contribution in [0.2, 0.25) is 0 Å². The first-order chi connectivity index (χ1) is 18.6. The van der Waals surface area contributed by atoms with Gasteiger partial charge in [0.25, 0.3) is 5.91 Å². The molecule has 3 aromatic rings. The van der Waals surface area contributed by atoms with Gasteiger partial charge in [-0.05, 0) is 73.7 Å². The van der Waals surface area contributed by atoms with E-state index in [0.717, 1.165) is 27.8 Å². The van der Waals surface area contributed by atoms with E-state index in [1.54, 1.807) is 7.11 Å². The van der Waals surface area contributed by atoms with Gasteiger partial charge in [0, 0.05) is 48.7 Å². The van der Waals surface area contributed by atoms with Crippen molar-refractivity contribution in [3.8, 4) is 17.2 Å². The summed E-state index contributed by atoms with van der Waals surface area (Å²) in [7, 11) is 1.65. The summed E-state index contributed by atoms with van der Waals surface area (Å²) in [4.78, 5) is 16.5. The molecule has 2 aliphatic heterocycles. The van der Waals surface area contributed by atoms with Gasteiger partial charge in [0.05, 0.1) is 7.11 Å². The van der Waals surface area contributed by atoms with Crippen molar-refractivity contribution in [1.29, 1.82) is 0 Å². The molecule has 1 aromatic heterocycles. The van der Waals surface area contributed by atoms with E-state index in [0.29, 0.717) is 43.9 Å². The van der Waals surface area contributed by atoms with Gasteiger partial charge in [-0.3, -0.25) is 4.79 Å². The highest BCUT2D eigenvalue weighted by molar-refractivity contribution is 5.92. The van der Waals surface area contributed by atoms with Crippen LogP contribution < -0.4 is 19.5 Å². The van der Waals surface area contributed by atoms with Gasteiger partial charge < -0.3 is 39.1 Å². The zero-order valence-corrected chi connectivity index (χ0v) is 21.7. The fraction of sp³-hybridized carbons (Fsp3) is 0.414. The number of methoxy groups -OCH3 is 1. The number of ether oxygens (including phenoxy) is 5. The van der Waals surface area contributed by atoms with Crippen LogP contribution in [0.3, 0.4) is 0 Å². The molecule has 9 heteroatoms. The second kappa shape index (κ2) is 11.8. The maximum absolute atomic E-state index is 13.3. The Morgan fingerprint density at radius 3 is 2.87 bits per heavy atom. The number of aliphatic hydroxyl groups excluding tert-OH is 1. The molecule has 5 rings (SSSR count). The van der Waals surface area contributed by atoms with E-state index >= 15 is 0 Å². The minimum Gasteiger partial charge on any atom is -0.497 e. The lowest BCUT2D eigenvalue weighted by atomic mass is 9.80. The molecular weight excluding hydrogens is 488 g/mol. The Bertz CT molecular complexity index is 1300. The highest BCUT2D eigenvalue weighted by Gasteiger charge is 2.38. The SMILES string of the molecule is CCO[C@H]1OC(C(=O)NCCc2c[nH]c3ccc(OC)cc23)=C[C@@H](c2ccc3c(c2)OCO3)[C@@H]1CCCO. The fourth-order valence-electron chi connectivity index (χ4n) is 5.15. The van der Waals surface area contributed by atoms with Gasteiger partial charge in [-0.15, -0.1) is 0 Å². The Kier molecular flexibility index (Phi) is 8.05. The number of benzene rings is 2. The van der Waals surface area contributed by atoms with E-state index in [1.165, 1.54) is 0 Å².